The number of fused-ring (bicyclic) bond motifs is 1. The molecule has 0 aliphatic rings. The van der Waals surface area contributed by atoms with Gasteiger partial charge in [-0.05, 0) is 40.9 Å². The molecule has 0 unspecified atom stereocenters. The Morgan fingerprint density at radius 2 is 1.92 bits per heavy atom. The highest BCUT2D eigenvalue weighted by Gasteiger charge is 2.09. The van der Waals surface area contributed by atoms with E-state index in [1.165, 1.54) is 26.6 Å². The molecule has 0 aliphatic carbocycles. The summed E-state index contributed by atoms with van der Waals surface area (Å²) < 4.78 is 3.37. The Morgan fingerprint density at radius 3 is 2.54 bits per heavy atom. The van der Waals surface area contributed by atoms with Crippen LogP contribution in [0.1, 0.15) is 11.1 Å². The van der Waals surface area contributed by atoms with Crippen LogP contribution in [0.2, 0.25) is 0 Å². The van der Waals surface area contributed by atoms with Gasteiger partial charge in [0.1, 0.15) is 0 Å². The van der Waals surface area contributed by atoms with E-state index >= 15 is 0 Å². The van der Waals surface area contributed by atoms with Crippen LogP contribution in [0.4, 0.5) is 0 Å². The SMILES string of the molecule is Cc1c(Br)n(C)c2c(C)cccc12. The standard InChI is InChI=1S/C11H12BrN/c1-7-5-4-6-9-8(2)11(12)13(3)10(7)9/h4-6H,1-3H3. The average Bonchev–Trinajstić information content (AvgIpc) is 2.33. The molecule has 0 atom stereocenters. The lowest BCUT2D eigenvalue weighted by atomic mass is 10.1. The molecular formula is C11H12BrN. The van der Waals surface area contributed by atoms with Crippen LogP contribution in [-0.2, 0) is 7.05 Å². The first kappa shape index (κ1) is 8.82. The molecule has 2 aromatic rings. The fourth-order valence-electron chi connectivity index (χ4n) is 1.87. The zero-order chi connectivity index (χ0) is 9.59. The summed E-state index contributed by atoms with van der Waals surface area (Å²) in [5.74, 6) is 0. The van der Waals surface area contributed by atoms with Gasteiger partial charge in [0, 0.05) is 12.4 Å². The molecule has 0 amide bonds. The molecule has 0 fully saturated rings. The predicted octanol–water partition coefficient (Wildman–Crippen LogP) is 3.56. The molecule has 68 valence electrons. The van der Waals surface area contributed by atoms with Crippen LogP contribution in [0, 0.1) is 13.8 Å². The molecule has 0 aliphatic heterocycles. The number of benzene rings is 1. The fourth-order valence-corrected chi connectivity index (χ4v) is 2.26. The summed E-state index contributed by atoms with van der Waals surface area (Å²) in [6, 6.07) is 6.42. The van der Waals surface area contributed by atoms with Crippen LogP contribution in [-0.4, -0.2) is 4.57 Å². The molecule has 13 heavy (non-hydrogen) atoms. The van der Waals surface area contributed by atoms with Crippen molar-refractivity contribution >= 4 is 26.8 Å². The molecule has 0 N–H and O–H groups in total. The summed E-state index contributed by atoms with van der Waals surface area (Å²) in [6.45, 7) is 4.29. The lowest BCUT2D eigenvalue weighted by Gasteiger charge is -2.00. The Bertz CT molecular complexity index is 468. The Kier molecular flexibility index (Phi) is 1.95. The molecule has 2 rings (SSSR count). The van der Waals surface area contributed by atoms with Gasteiger partial charge >= 0.3 is 0 Å². The molecule has 1 aromatic heterocycles. The second-order valence-electron chi connectivity index (χ2n) is 3.45. The molecule has 0 spiro atoms. The van der Waals surface area contributed by atoms with Crippen LogP contribution >= 0.6 is 15.9 Å². The average molecular weight is 238 g/mol. The smallest absolute Gasteiger partial charge is 0.0884 e. The van der Waals surface area contributed by atoms with E-state index in [4.69, 9.17) is 0 Å². The first-order valence-electron chi connectivity index (χ1n) is 4.33. The monoisotopic (exact) mass is 237 g/mol. The van der Waals surface area contributed by atoms with E-state index in [9.17, 15) is 0 Å². The number of aromatic nitrogens is 1. The molecular weight excluding hydrogens is 226 g/mol. The maximum Gasteiger partial charge on any atom is 0.0884 e. The van der Waals surface area contributed by atoms with Crippen LogP contribution in [0.3, 0.4) is 0 Å². The third-order valence-electron chi connectivity index (χ3n) is 2.58. The van der Waals surface area contributed by atoms with Gasteiger partial charge in [-0.25, -0.2) is 0 Å². The second-order valence-corrected chi connectivity index (χ2v) is 4.20. The predicted molar refractivity (Wildman–Crippen MR) is 60.1 cm³/mol. The summed E-state index contributed by atoms with van der Waals surface area (Å²) in [6.07, 6.45) is 0. The van der Waals surface area contributed by atoms with E-state index in [-0.39, 0.29) is 0 Å². The molecule has 0 saturated heterocycles. The van der Waals surface area contributed by atoms with Crippen molar-refractivity contribution in [1.29, 1.82) is 0 Å². The minimum absolute atomic E-state index is 1.18. The van der Waals surface area contributed by atoms with Gasteiger partial charge in [0.25, 0.3) is 0 Å². The van der Waals surface area contributed by atoms with E-state index in [2.05, 4.69) is 59.6 Å². The highest BCUT2D eigenvalue weighted by atomic mass is 79.9. The van der Waals surface area contributed by atoms with Gasteiger partial charge in [0.05, 0.1) is 10.1 Å². The van der Waals surface area contributed by atoms with E-state index in [1.54, 1.807) is 0 Å². The third-order valence-corrected chi connectivity index (χ3v) is 3.71. The first-order chi connectivity index (χ1) is 6.13. The van der Waals surface area contributed by atoms with Gasteiger partial charge in [-0.1, -0.05) is 18.2 Å². The van der Waals surface area contributed by atoms with Crippen molar-refractivity contribution in [2.45, 2.75) is 13.8 Å². The number of nitrogens with zero attached hydrogens (tertiary/aromatic N) is 1. The summed E-state index contributed by atoms with van der Waals surface area (Å²) in [7, 11) is 2.09. The van der Waals surface area contributed by atoms with E-state index in [0.717, 1.165) is 0 Å². The molecule has 1 nitrogen and oxygen atoms in total. The van der Waals surface area contributed by atoms with E-state index in [1.807, 2.05) is 0 Å². The van der Waals surface area contributed by atoms with Crippen molar-refractivity contribution in [3.63, 3.8) is 0 Å². The van der Waals surface area contributed by atoms with Crippen molar-refractivity contribution in [2.75, 3.05) is 0 Å². The summed E-state index contributed by atoms with van der Waals surface area (Å²) in [5, 5.41) is 1.34. The lowest BCUT2D eigenvalue weighted by molar-refractivity contribution is 0.930. The largest absolute Gasteiger partial charge is 0.338 e. The Balaban J connectivity index is 3.03. The van der Waals surface area contributed by atoms with Crippen molar-refractivity contribution in [3.8, 4) is 0 Å². The van der Waals surface area contributed by atoms with Crippen LogP contribution in [0.25, 0.3) is 10.9 Å². The molecule has 1 aromatic carbocycles. The highest BCUT2D eigenvalue weighted by molar-refractivity contribution is 9.10. The van der Waals surface area contributed by atoms with Gasteiger partial charge in [0.15, 0.2) is 0 Å². The van der Waals surface area contributed by atoms with Gasteiger partial charge in [-0.2, -0.15) is 0 Å². The topological polar surface area (TPSA) is 4.93 Å². The number of halogens is 1. The van der Waals surface area contributed by atoms with Crippen LogP contribution < -0.4 is 0 Å². The van der Waals surface area contributed by atoms with Crippen molar-refractivity contribution in [3.05, 3.63) is 33.9 Å². The molecule has 0 bridgehead atoms. The number of para-hydroxylation sites is 1. The maximum atomic E-state index is 3.59. The van der Waals surface area contributed by atoms with Crippen molar-refractivity contribution < 1.29 is 0 Å². The Labute approximate surface area is 86.5 Å². The molecule has 1 heterocycles. The van der Waals surface area contributed by atoms with Gasteiger partial charge in [0.2, 0.25) is 0 Å². The van der Waals surface area contributed by atoms with E-state index < -0.39 is 0 Å². The Hall–Kier alpha value is -0.760. The lowest BCUT2D eigenvalue weighted by Crippen LogP contribution is -1.88. The zero-order valence-corrected chi connectivity index (χ0v) is 9.64. The fraction of sp³-hybridized carbons (Fsp3) is 0.273. The first-order valence-corrected chi connectivity index (χ1v) is 5.12. The summed E-state index contributed by atoms with van der Waals surface area (Å²) in [5.41, 5.74) is 3.97. The maximum absolute atomic E-state index is 3.59. The summed E-state index contributed by atoms with van der Waals surface area (Å²) in [4.78, 5) is 0. The van der Waals surface area contributed by atoms with E-state index in [0.29, 0.717) is 0 Å². The second kappa shape index (κ2) is 2.88. The minimum atomic E-state index is 1.18. The minimum Gasteiger partial charge on any atom is -0.338 e. The number of rotatable bonds is 0. The molecule has 0 radical (unpaired) electrons. The molecule has 0 saturated carbocycles. The third kappa shape index (κ3) is 1.12. The van der Waals surface area contributed by atoms with Gasteiger partial charge < -0.3 is 4.57 Å². The van der Waals surface area contributed by atoms with Gasteiger partial charge in [-0.3, -0.25) is 0 Å². The normalized spacial score (nSPS) is 11.1. The zero-order valence-electron chi connectivity index (χ0n) is 8.06. The van der Waals surface area contributed by atoms with Crippen molar-refractivity contribution in [2.24, 2.45) is 7.05 Å². The number of hydrogen-bond acceptors (Lipinski definition) is 0. The van der Waals surface area contributed by atoms with Crippen molar-refractivity contribution in [1.82, 2.24) is 4.57 Å². The Morgan fingerprint density at radius 1 is 1.23 bits per heavy atom. The quantitative estimate of drug-likeness (QED) is 0.661. The van der Waals surface area contributed by atoms with Crippen LogP contribution in [0.5, 0.6) is 0 Å². The number of aryl methyl sites for hydroxylation is 3. The van der Waals surface area contributed by atoms with Crippen LogP contribution in [0.15, 0.2) is 22.8 Å². The summed E-state index contributed by atoms with van der Waals surface area (Å²) >= 11 is 3.59. The molecule has 2 heteroatoms. The number of hydrogen-bond donors (Lipinski definition) is 0. The van der Waals surface area contributed by atoms with Gasteiger partial charge in [-0.15, -0.1) is 0 Å². The highest BCUT2D eigenvalue weighted by Crippen LogP contribution is 2.30.